The standard InChI is InChI=1S/C15H16O3S/c1-18-14-7-5-12(6-8-14)9-10-19(17)15-4-2-3-13(16)11-15/h2-8,11,16H,9-10H2,1H3/t19-/m1/s1. The molecule has 3 nitrogen and oxygen atoms in total. The molecule has 1 atom stereocenters. The summed E-state index contributed by atoms with van der Waals surface area (Å²) in [5.74, 6) is 1.50. The summed E-state index contributed by atoms with van der Waals surface area (Å²) in [6.07, 6.45) is 0.728. The van der Waals surface area contributed by atoms with Crippen LogP contribution >= 0.6 is 0 Å². The Hall–Kier alpha value is -1.81. The van der Waals surface area contributed by atoms with E-state index in [2.05, 4.69) is 0 Å². The smallest absolute Gasteiger partial charge is 0.118 e. The molecule has 0 unspecified atom stereocenters. The van der Waals surface area contributed by atoms with Crippen molar-refractivity contribution in [2.45, 2.75) is 11.3 Å². The zero-order valence-electron chi connectivity index (χ0n) is 10.7. The molecule has 2 aromatic carbocycles. The van der Waals surface area contributed by atoms with Gasteiger partial charge in [0.05, 0.1) is 17.9 Å². The van der Waals surface area contributed by atoms with Crippen LogP contribution in [0.2, 0.25) is 0 Å². The summed E-state index contributed by atoms with van der Waals surface area (Å²) in [5.41, 5.74) is 1.12. The van der Waals surface area contributed by atoms with Crippen LogP contribution in [0.3, 0.4) is 0 Å². The molecule has 0 aromatic heterocycles. The monoisotopic (exact) mass is 276 g/mol. The lowest BCUT2D eigenvalue weighted by Crippen LogP contribution is -2.01. The maximum atomic E-state index is 12.1. The van der Waals surface area contributed by atoms with E-state index in [9.17, 15) is 9.32 Å². The summed E-state index contributed by atoms with van der Waals surface area (Å²) >= 11 is 0. The zero-order chi connectivity index (χ0) is 13.7. The summed E-state index contributed by atoms with van der Waals surface area (Å²) in [4.78, 5) is 0.661. The first-order valence-corrected chi connectivity index (χ1v) is 7.31. The van der Waals surface area contributed by atoms with Gasteiger partial charge >= 0.3 is 0 Å². The first-order valence-electron chi connectivity index (χ1n) is 5.99. The van der Waals surface area contributed by atoms with E-state index >= 15 is 0 Å². The summed E-state index contributed by atoms with van der Waals surface area (Å²) < 4.78 is 17.2. The van der Waals surface area contributed by atoms with E-state index in [1.165, 1.54) is 0 Å². The molecule has 100 valence electrons. The minimum absolute atomic E-state index is 0.148. The lowest BCUT2D eigenvalue weighted by molar-refractivity contribution is 0.414. The minimum Gasteiger partial charge on any atom is -0.508 e. The Morgan fingerprint density at radius 1 is 1.16 bits per heavy atom. The van der Waals surface area contributed by atoms with Crippen LogP contribution in [-0.4, -0.2) is 22.2 Å². The number of hydrogen-bond donors (Lipinski definition) is 1. The van der Waals surface area contributed by atoms with Crippen LogP contribution in [0, 0.1) is 0 Å². The first-order chi connectivity index (χ1) is 9.19. The number of phenolic OH excluding ortho intramolecular Hbond substituents is 1. The Bertz CT molecular complexity index is 564. The van der Waals surface area contributed by atoms with E-state index in [4.69, 9.17) is 4.74 Å². The van der Waals surface area contributed by atoms with Gasteiger partial charge in [0.25, 0.3) is 0 Å². The maximum Gasteiger partial charge on any atom is 0.118 e. The van der Waals surface area contributed by atoms with Crippen molar-refractivity contribution in [3.8, 4) is 11.5 Å². The first kappa shape index (κ1) is 13.6. The van der Waals surface area contributed by atoms with Crippen molar-refractivity contribution in [3.63, 3.8) is 0 Å². The molecule has 0 bridgehead atoms. The Balaban J connectivity index is 1.96. The van der Waals surface area contributed by atoms with E-state index in [1.807, 2.05) is 24.3 Å². The molecule has 0 aliphatic heterocycles. The van der Waals surface area contributed by atoms with Crippen LogP contribution < -0.4 is 4.74 Å². The summed E-state index contributed by atoms with van der Waals surface area (Å²) in [6.45, 7) is 0. The third-order valence-electron chi connectivity index (χ3n) is 2.82. The van der Waals surface area contributed by atoms with Crippen molar-refractivity contribution in [2.24, 2.45) is 0 Å². The summed E-state index contributed by atoms with van der Waals surface area (Å²) in [7, 11) is 0.538. The van der Waals surface area contributed by atoms with Gasteiger partial charge in [-0.3, -0.25) is 4.21 Å². The van der Waals surface area contributed by atoms with Crippen LogP contribution in [-0.2, 0) is 17.2 Å². The minimum atomic E-state index is -1.09. The molecule has 0 radical (unpaired) electrons. The van der Waals surface area contributed by atoms with Gasteiger partial charge in [-0.1, -0.05) is 18.2 Å². The Kier molecular flexibility index (Phi) is 4.58. The SMILES string of the molecule is COc1ccc(CC[S@@](=O)c2cccc(O)c2)cc1. The van der Waals surface area contributed by atoms with Gasteiger partial charge in [0.15, 0.2) is 0 Å². The number of aromatic hydroxyl groups is 1. The zero-order valence-corrected chi connectivity index (χ0v) is 11.5. The van der Waals surface area contributed by atoms with Gasteiger partial charge in [-0.15, -0.1) is 0 Å². The highest BCUT2D eigenvalue weighted by Crippen LogP contribution is 2.16. The Morgan fingerprint density at radius 2 is 1.89 bits per heavy atom. The molecule has 0 saturated heterocycles. The van der Waals surface area contributed by atoms with Gasteiger partial charge < -0.3 is 9.84 Å². The van der Waals surface area contributed by atoms with Crippen LogP contribution in [0.5, 0.6) is 11.5 Å². The highest BCUT2D eigenvalue weighted by Gasteiger charge is 2.05. The molecule has 2 aromatic rings. The third-order valence-corrected chi connectivity index (χ3v) is 4.17. The average Bonchev–Trinajstić information content (AvgIpc) is 2.45. The van der Waals surface area contributed by atoms with Gasteiger partial charge in [-0.2, -0.15) is 0 Å². The van der Waals surface area contributed by atoms with Crippen LogP contribution in [0.15, 0.2) is 53.4 Å². The van der Waals surface area contributed by atoms with Gasteiger partial charge in [-0.05, 0) is 42.3 Å². The van der Waals surface area contributed by atoms with Crippen molar-refractivity contribution >= 4 is 10.8 Å². The summed E-state index contributed by atoms with van der Waals surface area (Å²) in [6, 6.07) is 14.3. The molecule has 1 N–H and O–H groups in total. The Labute approximate surface area is 115 Å². The number of benzene rings is 2. The van der Waals surface area contributed by atoms with Crippen molar-refractivity contribution < 1.29 is 14.1 Å². The topological polar surface area (TPSA) is 46.5 Å². The van der Waals surface area contributed by atoms with Crippen molar-refractivity contribution in [1.29, 1.82) is 0 Å². The Morgan fingerprint density at radius 3 is 2.53 bits per heavy atom. The highest BCUT2D eigenvalue weighted by molar-refractivity contribution is 7.85. The number of rotatable bonds is 5. The lowest BCUT2D eigenvalue weighted by atomic mass is 10.2. The van der Waals surface area contributed by atoms with E-state index in [0.29, 0.717) is 10.6 Å². The normalized spacial score (nSPS) is 12.1. The van der Waals surface area contributed by atoms with E-state index in [-0.39, 0.29) is 5.75 Å². The number of hydrogen-bond acceptors (Lipinski definition) is 3. The van der Waals surface area contributed by atoms with Gasteiger partial charge in [0.1, 0.15) is 11.5 Å². The average molecular weight is 276 g/mol. The molecule has 0 spiro atoms. The molecule has 0 aliphatic rings. The number of methoxy groups -OCH3 is 1. The quantitative estimate of drug-likeness (QED) is 0.913. The van der Waals surface area contributed by atoms with E-state index < -0.39 is 10.8 Å². The third kappa shape index (κ3) is 3.83. The molecular formula is C15H16O3S. The molecule has 0 fully saturated rings. The fraction of sp³-hybridized carbons (Fsp3) is 0.200. The molecule has 2 rings (SSSR count). The maximum absolute atomic E-state index is 12.1. The molecule has 0 amide bonds. The predicted octanol–water partition coefficient (Wildman–Crippen LogP) is 2.75. The van der Waals surface area contributed by atoms with Crippen molar-refractivity contribution in [2.75, 3.05) is 12.9 Å². The molecule has 19 heavy (non-hydrogen) atoms. The highest BCUT2D eigenvalue weighted by atomic mass is 32.2. The fourth-order valence-corrected chi connectivity index (χ4v) is 2.89. The number of phenols is 1. The molecule has 0 saturated carbocycles. The van der Waals surface area contributed by atoms with Gasteiger partial charge in [-0.25, -0.2) is 0 Å². The van der Waals surface area contributed by atoms with Crippen LogP contribution in [0.25, 0.3) is 0 Å². The van der Waals surface area contributed by atoms with E-state index in [0.717, 1.165) is 17.7 Å². The number of ether oxygens (including phenoxy) is 1. The molecule has 4 heteroatoms. The second-order valence-corrected chi connectivity index (χ2v) is 5.72. The second-order valence-electron chi connectivity index (χ2n) is 4.15. The number of aryl methyl sites for hydroxylation is 1. The molecular weight excluding hydrogens is 260 g/mol. The summed E-state index contributed by atoms with van der Waals surface area (Å²) in [5, 5.41) is 9.36. The van der Waals surface area contributed by atoms with Crippen LogP contribution in [0.4, 0.5) is 0 Å². The fourth-order valence-electron chi connectivity index (χ4n) is 1.75. The largest absolute Gasteiger partial charge is 0.508 e. The molecule has 0 heterocycles. The second kappa shape index (κ2) is 6.38. The van der Waals surface area contributed by atoms with Crippen molar-refractivity contribution in [3.05, 3.63) is 54.1 Å². The van der Waals surface area contributed by atoms with Gasteiger partial charge in [0, 0.05) is 10.6 Å². The van der Waals surface area contributed by atoms with Crippen LogP contribution in [0.1, 0.15) is 5.56 Å². The lowest BCUT2D eigenvalue weighted by Gasteiger charge is -2.04. The van der Waals surface area contributed by atoms with Gasteiger partial charge in [0.2, 0.25) is 0 Å². The molecule has 0 aliphatic carbocycles. The predicted molar refractivity (Wildman–Crippen MR) is 76.1 cm³/mol. The van der Waals surface area contributed by atoms with Crippen molar-refractivity contribution in [1.82, 2.24) is 0 Å². The van der Waals surface area contributed by atoms with E-state index in [1.54, 1.807) is 31.4 Å².